The van der Waals surface area contributed by atoms with Gasteiger partial charge in [-0.2, -0.15) is 0 Å². The maximum Gasteiger partial charge on any atom is 0.310 e. The molecule has 5 nitrogen and oxygen atoms in total. The summed E-state index contributed by atoms with van der Waals surface area (Å²) in [4.78, 5) is 22.0. The third-order valence-electron chi connectivity index (χ3n) is 2.89. The first-order valence-corrected chi connectivity index (χ1v) is 4.77. The Balaban J connectivity index is 2.70. The minimum Gasteiger partial charge on any atom is -0.481 e. The summed E-state index contributed by atoms with van der Waals surface area (Å²) < 4.78 is 0. The van der Waals surface area contributed by atoms with E-state index in [1.165, 1.54) is 5.48 Å². The van der Waals surface area contributed by atoms with E-state index < -0.39 is 17.3 Å². The SMILES string of the molecule is O=C(CC1(C(=O)O)CCCCC1)NO. The Morgan fingerprint density at radius 1 is 1.21 bits per heavy atom. The molecule has 0 aliphatic heterocycles. The van der Waals surface area contributed by atoms with E-state index >= 15 is 0 Å². The lowest BCUT2D eigenvalue weighted by atomic mass is 9.72. The first-order valence-electron chi connectivity index (χ1n) is 4.77. The molecule has 0 unspecified atom stereocenters. The Morgan fingerprint density at radius 2 is 1.79 bits per heavy atom. The molecule has 5 heteroatoms. The maximum absolute atomic E-state index is 11.1. The van der Waals surface area contributed by atoms with Crippen LogP contribution < -0.4 is 5.48 Å². The molecule has 1 amide bonds. The third kappa shape index (κ3) is 2.23. The highest BCUT2D eigenvalue weighted by Gasteiger charge is 2.41. The fraction of sp³-hybridized carbons (Fsp3) is 0.778. The molecule has 1 rings (SSSR count). The second-order valence-electron chi connectivity index (χ2n) is 3.86. The van der Waals surface area contributed by atoms with Crippen LogP contribution in [0.5, 0.6) is 0 Å². The van der Waals surface area contributed by atoms with Crippen LogP contribution >= 0.6 is 0 Å². The van der Waals surface area contributed by atoms with E-state index in [0.717, 1.165) is 19.3 Å². The van der Waals surface area contributed by atoms with Crippen LogP contribution in [0, 0.1) is 5.41 Å². The quantitative estimate of drug-likeness (QED) is 0.468. The summed E-state index contributed by atoms with van der Waals surface area (Å²) in [7, 11) is 0. The summed E-state index contributed by atoms with van der Waals surface area (Å²) >= 11 is 0. The zero-order valence-corrected chi connectivity index (χ0v) is 7.95. The van der Waals surface area contributed by atoms with Crippen LogP contribution in [0.25, 0.3) is 0 Å². The van der Waals surface area contributed by atoms with Gasteiger partial charge in [-0.3, -0.25) is 14.8 Å². The van der Waals surface area contributed by atoms with Crippen molar-refractivity contribution in [3.05, 3.63) is 0 Å². The summed E-state index contributed by atoms with van der Waals surface area (Å²) in [5.74, 6) is -1.55. The van der Waals surface area contributed by atoms with E-state index in [4.69, 9.17) is 10.3 Å². The largest absolute Gasteiger partial charge is 0.481 e. The second-order valence-corrected chi connectivity index (χ2v) is 3.86. The fourth-order valence-electron chi connectivity index (χ4n) is 2.04. The number of amides is 1. The highest BCUT2D eigenvalue weighted by Crippen LogP contribution is 2.39. The lowest BCUT2D eigenvalue weighted by molar-refractivity contribution is -0.155. The Kier molecular flexibility index (Phi) is 3.46. The zero-order valence-electron chi connectivity index (χ0n) is 7.95. The average Bonchev–Trinajstić information content (AvgIpc) is 2.19. The lowest BCUT2D eigenvalue weighted by Crippen LogP contribution is -2.38. The van der Waals surface area contributed by atoms with Gasteiger partial charge in [-0.15, -0.1) is 0 Å². The number of carboxylic acids is 1. The number of hydrogen-bond donors (Lipinski definition) is 3. The number of hydrogen-bond acceptors (Lipinski definition) is 3. The van der Waals surface area contributed by atoms with Gasteiger partial charge >= 0.3 is 5.97 Å². The van der Waals surface area contributed by atoms with Gasteiger partial charge in [0.2, 0.25) is 5.91 Å². The Hall–Kier alpha value is -1.10. The molecule has 1 aliphatic rings. The molecule has 0 radical (unpaired) electrons. The molecule has 1 aliphatic carbocycles. The summed E-state index contributed by atoms with van der Waals surface area (Å²) in [6.45, 7) is 0. The number of nitrogens with one attached hydrogen (secondary N) is 1. The molecule has 0 heterocycles. The molecule has 0 aromatic heterocycles. The van der Waals surface area contributed by atoms with Crippen molar-refractivity contribution in [2.45, 2.75) is 38.5 Å². The van der Waals surface area contributed by atoms with E-state index in [-0.39, 0.29) is 6.42 Å². The van der Waals surface area contributed by atoms with Gasteiger partial charge in [0.15, 0.2) is 0 Å². The summed E-state index contributed by atoms with van der Waals surface area (Å²) in [5, 5.41) is 17.4. The van der Waals surface area contributed by atoms with Crippen LogP contribution in [0.1, 0.15) is 38.5 Å². The smallest absolute Gasteiger partial charge is 0.310 e. The van der Waals surface area contributed by atoms with Crippen LogP contribution in [0.2, 0.25) is 0 Å². The fourth-order valence-corrected chi connectivity index (χ4v) is 2.04. The molecule has 80 valence electrons. The molecule has 0 saturated heterocycles. The van der Waals surface area contributed by atoms with E-state index in [2.05, 4.69) is 0 Å². The van der Waals surface area contributed by atoms with Crippen molar-refractivity contribution < 1.29 is 19.9 Å². The monoisotopic (exact) mass is 201 g/mol. The molecule has 1 fully saturated rings. The van der Waals surface area contributed by atoms with Gasteiger partial charge in [-0.25, -0.2) is 5.48 Å². The number of carbonyl (C=O) groups excluding carboxylic acids is 1. The van der Waals surface area contributed by atoms with Gasteiger partial charge in [0.25, 0.3) is 0 Å². The molecule has 0 aromatic rings. The first-order chi connectivity index (χ1) is 6.60. The van der Waals surface area contributed by atoms with E-state index in [1.54, 1.807) is 0 Å². The van der Waals surface area contributed by atoms with Gasteiger partial charge < -0.3 is 5.11 Å². The van der Waals surface area contributed by atoms with Crippen molar-refractivity contribution >= 4 is 11.9 Å². The molecule has 0 spiro atoms. The van der Waals surface area contributed by atoms with Gasteiger partial charge in [-0.1, -0.05) is 19.3 Å². The Morgan fingerprint density at radius 3 is 2.21 bits per heavy atom. The van der Waals surface area contributed by atoms with Crippen molar-refractivity contribution in [3.8, 4) is 0 Å². The predicted octanol–water partition coefficient (Wildman–Crippen LogP) is 0.917. The molecule has 0 aromatic carbocycles. The minimum atomic E-state index is -0.953. The van der Waals surface area contributed by atoms with Crippen LogP contribution in [-0.4, -0.2) is 22.2 Å². The van der Waals surface area contributed by atoms with Crippen molar-refractivity contribution in [1.82, 2.24) is 5.48 Å². The lowest BCUT2D eigenvalue weighted by Gasteiger charge is -2.32. The van der Waals surface area contributed by atoms with E-state index in [1.807, 2.05) is 0 Å². The number of rotatable bonds is 3. The van der Waals surface area contributed by atoms with Gasteiger partial charge in [-0.05, 0) is 12.8 Å². The summed E-state index contributed by atoms with van der Waals surface area (Å²) in [5.41, 5.74) is 0.536. The predicted molar refractivity (Wildman–Crippen MR) is 47.7 cm³/mol. The van der Waals surface area contributed by atoms with Crippen molar-refractivity contribution in [3.63, 3.8) is 0 Å². The Labute approximate surface area is 82.1 Å². The van der Waals surface area contributed by atoms with Crippen LogP contribution in [0.4, 0.5) is 0 Å². The molecule has 0 atom stereocenters. The maximum atomic E-state index is 11.1. The van der Waals surface area contributed by atoms with Crippen molar-refractivity contribution in [2.24, 2.45) is 5.41 Å². The normalized spacial score (nSPS) is 20.1. The first kappa shape index (κ1) is 11.0. The second kappa shape index (κ2) is 4.41. The minimum absolute atomic E-state index is 0.126. The van der Waals surface area contributed by atoms with Crippen molar-refractivity contribution in [1.29, 1.82) is 0 Å². The number of carboxylic acid groups (broad SMARTS) is 1. The molecule has 0 bridgehead atoms. The third-order valence-corrected chi connectivity index (χ3v) is 2.89. The van der Waals surface area contributed by atoms with Crippen LogP contribution in [-0.2, 0) is 9.59 Å². The van der Waals surface area contributed by atoms with Gasteiger partial charge in [0.1, 0.15) is 0 Å². The van der Waals surface area contributed by atoms with Gasteiger partial charge in [0, 0.05) is 6.42 Å². The van der Waals surface area contributed by atoms with Gasteiger partial charge in [0.05, 0.1) is 5.41 Å². The van der Waals surface area contributed by atoms with Crippen molar-refractivity contribution in [2.75, 3.05) is 0 Å². The van der Waals surface area contributed by atoms with Crippen LogP contribution in [0.15, 0.2) is 0 Å². The molecule has 1 saturated carbocycles. The van der Waals surface area contributed by atoms with E-state index in [9.17, 15) is 9.59 Å². The molecular weight excluding hydrogens is 186 g/mol. The average molecular weight is 201 g/mol. The van der Waals surface area contributed by atoms with E-state index in [0.29, 0.717) is 12.8 Å². The topological polar surface area (TPSA) is 86.6 Å². The molecule has 3 N–H and O–H groups in total. The summed E-state index contributed by atoms with van der Waals surface area (Å²) in [6, 6.07) is 0. The number of aliphatic carboxylic acids is 1. The Bertz CT molecular complexity index is 233. The highest BCUT2D eigenvalue weighted by atomic mass is 16.5. The standard InChI is InChI=1S/C9H15NO4/c11-7(10-14)6-9(8(12)13)4-2-1-3-5-9/h14H,1-6H2,(H,10,11)(H,12,13). The van der Waals surface area contributed by atoms with Crippen LogP contribution in [0.3, 0.4) is 0 Å². The molecule has 14 heavy (non-hydrogen) atoms. The number of hydroxylamine groups is 1. The summed E-state index contributed by atoms with van der Waals surface area (Å²) in [6.07, 6.45) is 3.62. The number of carbonyl (C=O) groups is 2. The highest BCUT2D eigenvalue weighted by molar-refractivity contribution is 5.84. The zero-order chi connectivity index (χ0) is 10.6. The molecular formula is C9H15NO4.